The maximum absolute atomic E-state index is 6.51. The van der Waals surface area contributed by atoms with Gasteiger partial charge in [-0.15, -0.1) is 0 Å². The predicted octanol–water partition coefficient (Wildman–Crippen LogP) is 5.27. The van der Waals surface area contributed by atoms with Gasteiger partial charge in [0.1, 0.15) is 0 Å². The maximum atomic E-state index is 6.51. The lowest BCUT2D eigenvalue weighted by Crippen LogP contribution is -2.24. The third-order valence-electron chi connectivity index (χ3n) is 4.28. The molecular weight excluding hydrogens is 254 g/mol. The Bertz CT molecular complexity index is 396. The minimum Gasteiger partial charge on any atom is -0.310 e. The molecule has 0 amide bonds. The Morgan fingerprint density at radius 2 is 2.05 bits per heavy atom. The lowest BCUT2D eigenvalue weighted by atomic mass is 9.92. The van der Waals surface area contributed by atoms with Gasteiger partial charge in [-0.25, -0.2) is 0 Å². The van der Waals surface area contributed by atoms with Crippen LogP contribution < -0.4 is 5.32 Å². The van der Waals surface area contributed by atoms with E-state index < -0.39 is 0 Å². The Hall–Kier alpha value is -0.530. The minimum absolute atomic E-state index is 0.426. The second-order valence-electron chi connectivity index (χ2n) is 5.87. The van der Waals surface area contributed by atoms with Crippen molar-refractivity contribution in [3.63, 3.8) is 0 Å². The van der Waals surface area contributed by atoms with Crippen LogP contribution in [0.4, 0.5) is 0 Å². The number of aryl methyl sites for hydroxylation is 1. The summed E-state index contributed by atoms with van der Waals surface area (Å²) < 4.78 is 0. The van der Waals surface area contributed by atoms with Crippen LogP contribution in [0.25, 0.3) is 0 Å². The third-order valence-corrected chi connectivity index (χ3v) is 4.80. The van der Waals surface area contributed by atoms with E-state index >= 15 is 0 Å². The van der Waals surface area contributed by atoms with Crippen LogP contribution in [0, 0.1) is 12.8 Å². The van der Waals surface area contributed by atoms with Crippen LogP contribution in [0.2, 0.25) is 5.02 Å². The van der Waals surface area contributed by atoms with Crippen molar-refractivity contribution < 1.29 is 0 Å². The zero-order valence-corrected chi connectivity index (χ0v) is 13.0. The van der Waals surface area contributed by atoms with Crippen molar-refractivity contribution in [1.82, 2.24) is 5.32 Å². The Balaban J connectivity index is 2.13. The second kappa shape index (κ2) is 7.31. The van der Waals surface area contributed by atoms with Gasteiger partial charge < -0.3 is 5.32 Å². The van der Waals surface area contributed by atoms with E-state index in [2.05, 4.69) is 37.4 Å². The van der Waals surface area contributed by atoms with Gasteiger partial charge in [-0.3, -0.25) is 0 Å². The molecule has 0 radical (unpaired) electrons. The highest BCUT2D eigenvalue weighted by atomic mass is 35.5. The van der Waals surface area contributed by atoms with E-state index in [1.807, 2.05) is 0 Å². The normalized spacial score (nSPS) is 17.8. The van der Waals surface area contributed by atoms with Crippen LogP contribution in [0.1, 0.15) is 62.6 Å². The third kappa shape index (κ3) is 3.97. The molecule has 0 aliphatic heterocycles. The number of hydrogen-bond donors (Lipinski definition) is 1. The molecule has 1 N–H and O–H groups in total. The van der Waals surface area contributed by atoms with E-state index in [4.69, 9.17) is 11.6 Å². The fourth-order valence-electron chi connectivity index (χ4n) is 3.16. The van der Waals surface area contributed by atoms with Gasteiger partial charge in [-0.1, -0.05) is 62.4 Å². The molecule has 2 rings (SSSR count). The SMILES string of the molecule is CCCNC(CC1CCCC1)c1cccc(C)c1Cl. The maximum Gasteiger partial charge on any atom is 0.0482 e. The molecule has 19 heavy (non-hydrogen) atoms. The first-order valence-electron chi connectivity index (χ1n) is 7.70. The van der Waals surface area contributed by atoms with Crippen molar-refractivity contribution in [3.8, 4) is 0 Å². The highest BCUT2D eigenvalue weighted by Gasteiger charge is 2.22. The van der Waals surface area contributed by atoms with Crippen molar-refractivity contribution in [2.45, 2.75) is 58.4 Å². The fourth-order valence-corrected chi connectivity index (χ4v) is 3.42. The summed E-state index contributed by atoms with van der Waals surface area (Å²) in [6.07, 6.45) is 8.02. The van der Waals surface area contributed by atoms with Crippen molar-refractivity contribution in [1.29, 1.82) is 0 Å². The Morgan fingerprint density at radius 1 is 1.32 bits per heavy atom. The average Bonchev–Trinajstić information content (AvgIpc) is 2.91. The van der Waals surface area contributed by atoms with Crippen LogP contribution in [0.5, 0.6) is 0 Å². The van der Waals surface area contributed by atoms with E-state index in [-0.39, 0.29) is 0 Å². The van der Waals surface area contributed by atoms with E-state index in [1.54, 1.807) is 0 Å². The molecule has 1 aromatic carbocycles. The van der Waals surface area contributed by atoms with Crippen LogP contribution in [0.15, 0.2) is 18.2 Å². The smallest absolute Gasteiger partial charge is 0.0482 e. The molecule has 1 aromatic rings. The Morgan fingerprint density at radius 3 is 2.74 bits per heavy atom. The summed E-state index contributed by atoms with van der Waals surface area (Å²) in [6.45, 7) is 5.39. The fraction of sp³-hybridized carbons (Fsp3) is 0.647. The Labute approximate surface area is 122 Å². The van der Waals surface area contributed by atoms with Crippen LogP contribution in [-0.2, 0) is 0 Å². The number of halogens is 1. The lowest BCUT2D eigenvalue weighted by Gasteiger charge is -2.24. The molecule has 106 valence electrons. The largest absolute Gasteiger partial charge is 0.310 e. The van der Waals surface area contributed by atoms with Crippen molar-refractivity contribution >= 4 is 11.6 Å². The summed E-state index contributed by atoms with van der Waals surface area (Å²) in [7, 11) is 0. The molecule has 0 heterocycles. The first-order valence-corrected chi connectivity index (χ1v) is 8.08. The minimum atomic E-state index is 0.426. The van der Waals surface area contributed by atoms with Gasteiger partial charge in [0.25, 0.3) is 0 Å². The first-order chi connectivity index (χ1) is 9.22. The summed E-state index contributed by atoms with van der Waals surface area (Å²) >= 11 is 6.51. The number of rotatable bonds is 6. The quantitative estimate of drug-likeness (QED) is 0.748. The molecule has 1 saturated carbocycles. The summed E-state index contributed by atoms with van der Waals surface area (Å²) in [5, 5.41) is 4.65. The zero-order valence-electron chi connectivity index (χ0n) is 12.2. The molecule has 1 atom stereocenters. The summed E-state index contributed by atoms with van der Waals surface area (Å²) in [5.41, 5.74) is 2.48. The van der Waals surface area contributed by atoms with E-state index in [9.17, 15) is 0 Å². The molecule has 0 saturated heterocycles. The van der Waals surface area contributed by atoms with Crippen molar-refractivity contribution in [3.05, 3.63) is 34.3 Å². The topological polar surface area (TPSA) is 12.0 Å². The highest BCUT2D eigenvalue weighted by Crippen LogP contribution is 2.35. The molecule has 0 spiro atoms. The van der Waals surface area contributed by atoms with Crippen LogP contribution >= 0.6 is 11.6 Å². The highest BCUT2D eigenvalue weighted by molar-refractivity contribution is 6.32. The molecule has 0 bridgehead atoms. The second-order valence-corrected chi connectivity index (χ2v) is 6.25. The molecule has 2 heteroatoms. The first kappa shape index (κ1) is 14.9. The predicted molar refractivity (Wildman–Crippen MR) is 83.8 cm³/mol. The van der Waals surface area contributed by atoms with Gasteiger partial charge in [0.15, 0.2) is 0 Å². The summed E-state index contributed by atoms with van der Waals surface area (Å²) in [5.74, 6) is 0.880. The number of benzene rings is 1. The monoisotopic (exact) mass is 279 g/mol. The van der Waals surface area contributed by atoms with E-state index in [1.165, 1.54) is 49.7 Å². The molecule has 1 nitrogen and oxygen atoms in total. The molecule has 1 fully saturated rings. The average molecular weight is 280 g/mol. The van der Waals surface area contributed by atoms with Crippen LogP contribution in [-0.4, -0.2) is 6.54 Å². The Kier molecular flexibility index (Phi) is 5.72. The lowest BCUT2D eigenvalue weighted by molar-refractivity contribution is 0.395. The van der Waals surface area contributed by atoms with Gasteiger partial charge in [0.2, 0.25) is 0 Å². The van der Waals surface area contributed by atoms with Crippen LogP contribution in [0.3, 0.4) is 0 Å². The van der Waals surface area contributed by atoms with Gasteiger partial charge in [0, 0.05) is 11.1 Å². The van der Waals surface area contributed by atoms with Gasteiger partial charge in [-0.2, -0.15) is 0 Å². The van der Waals surface area contributed by atoms with E-state index in [0.29, 0.717) is 6.04 Å². The number of nitrogens with one attached hydrogen (secondary N) is 1. The van der Waals surface area contributed by atoms with Crippen molar-refractivity contribution in [2.75, 3.05) is 6.54 Å². The van der Waals surface area contributed by atoms with Gasteiger partial charge in [0.05, 0.1) is 0 Å². The molecule has 1 unspecified atom stereocenters. The van der Waals surface area contributed by atoms with Crippen molar-refractivity contribution in [2.24, 2.45) is 5.92 Å². The van der Waals surface area contributed by atoms with Gasteiger partial charge in [-0.05, 0) is 43.4 Å². The summed E-state index contributed by atoms with van der Waals surface area (Å²) in [4.78, 5) is 0. The molecule has 0 aromatic heterocycles. The van der Waals surface area contributed by atoms with E-state index in [0.717, 1.165) is 17.5 Å². The molecule has 1 aliphatic carbocycles. The number of hydrogen-bond acceptors (Lipinski definition) is 1. The zero-order chi connectivity index (χ0) is 13.7. The molecule has 1 aliphatic rings. The standard InChI is InChI=1S/C17H26ClN/c1-3-11-19-16(12-14-8-4-5-9-14)15-10-6-7-13(2)17(15)18/h6-7,10,14,16,19H,3-5,8-9,11-12H2,1-2H3. The molecular formula is C17H26ClN. The van der Waals surface area contributed by atoms with Gasteiger partial charge >= 0.3 is 0 Å². The summed E-state index contributed by atoms with van der Waals surface area (Å²) in [6, 6.07) is 6.84.